The van der Waals surface area contributed by atoms with Crippen molar-refractivity contribution in [2.75, 3.05) is 5.32 Å². The quantitative estimate of drug-likeness (QED) is 0.752. The Morgan fingerprint density at radius 1 is 1.30 bits per heavy atom. The standard InChI is InChI=1S/C13H16F2N2O3/c1-2-3-4-11(12(18)19)17-13(20)16-8-5-6-9(14)10(15)7-8/h5-7,11H,2-4H2,1H3,(H,18,19)(H2,16,17,20)/t11-/m0/s1. The summed E-state index contributed by atoms with van der Waals surface area (Å²) in [5.74, 6) is -3.26. The molecule has 110 valence electrons. The molecule has 0 aliphatic rings. The lowest BCUT2D eigenvalue weighted by molar-refractivity contribution is -0.139. The number of carboxylic acids is 1. The Balaban J connectivity index is 2.60. The Morgan fingerprint density at radius 2 is 2.00 bits per heavy atom. The zero-order chi connectivity index (χ0) is 15.1. The number of rotatable bonds is 6. The number of unbranched alkanes of at least 4 members (excludes halogenated alkanes) is 1. The van der Waals surface area contributed by atoms with Gasteiger partial charge in [0.15, 0.2) is 11.6 Å². The number of carbonyl (C=O) groups is 2. The second kappa shape index (κ2) is 7.42. The van der Waals surface area contributed by atoms with Crippen LogP contribution in [0, 0.1) is 11.6 Å². The summed E-state index contributed by atoms with van der Waals surface area (Å²) in [4.78, 5) is 22.5. The van der Waals surface area contributed by atoms with E-state index < -0.39 is 29.7 Å². The van der Waals surface area contributed by atoms with Gasteiger partial charge in [-0.15, -0.1) is 0 Å². The van der Waals surface area contributed by atoms with Gasteiger partial charge >= 0.3 is 12.0 Å². The minimum atomic E-state index is -1.14. The number of benzene rings is 1. The maximum atomic E-state index is 12.9. The lowest BCUT2D eigenvalue weighted by atomic mass is 10.1. The molecule has 0 radical (unpaired) electrons. The van der Waals surface area contributed by atoms with Crippen LogP contribution in [0.1, 0.15) is 26.2 Å². The lowest BCUT2D eigenvalue weighted by Gasteiger charge is -2.14. The van der Waals surface area contributed by atoms with Crippen LogP contribution in [0.5, 0.6) is 0 Å². The number of urea groups is 1. The van der Waals surface area contributed by atoms with Crippen LogP contribution in [-0.2, 0) is 4.79 Å². The lowest BCUT2D eigenvalue weighted by Crippen LogP contribution is -2.42. The highest BCUT2D eigenvalue weighted by Gasteiger charge is 2.19. The van der Waals surface area contributed by atoms with Crippen LogP contribution in [0.4, 0.5) is 19.3 Å². The maximum Gasteiger partial charge on any atom is 0.326 e. The van der Waals surface area contributed by atoms with Crippen molar-refractivity contribution < 1.29 is 23.5 Å². The molecule has 1 atom stereocenters. The smallest absolute Gasteiger partial charge is 0.326 e. The van der Waals surface area contributed by atoms with Crippen LogP contribution in [0.15, 0.2) is 18.2 Å². The molecule has 2 amide bonds. The van der Waals surface area contributed by atoms with E-state index >= 15 is 0 Å². The highest BCUT2D eigenvalue weighted by Crippen LogP contribution is 2.13. The second-order valence-electron chi connectivity index (χ2n) is 4.26. The molecule has 20 heavy (non-hydrogen) atoms. The van der Waals surface area contributed by atoms with E-state index in [1.807, 2.05) is 6.92 Å². The topological polar surface area (TPSA) is 78.4 Å². The molecule has 3 N–H and O–H groups in total. The number of halogens is 2. The highest BCUT2D eigenvalue weighted by atomic mass is 19.2. The molecule has 0 spiro atoms. The molecule has 0 bridgehead atoms. The Hall–Kier alpha value is -2.18. The minimum Gasteiger partial charge on any atom is -0.480 e. The largest absolute Gasteiger partial charge is 0.480 e. The molecule has 1 aromatic carbocycles. The average Bonchev–Trinajstić information content (AvgIpc) is 2.38. The average molecular weight is 286 g/mol. The van der Waals surface area contributed by atoms with E-state index in [1.54, 1.807) is 0 Å². The number of carbonyl (C=O) groups excluding carboxylic acids is 1. The summed E-state index contributed by atoms with van der Waals surface area (Å²) < 4.78 is 25.7. The summed E-state index contributed by atoms with van der Waals surface area (Å²) in [6, 6.07) is 1.08. The third kappa shape index (κ3) is 4.83. The van der Waals surface area contributed by atoms with Crippen LogP contribution >= 0.6 is 0 Å². The highest BCUT2D eigenvalue weighted by molar-refractivity contribution is 5.92. The molecule has 1 aromatic rings. The van der Waals surface area contributed by atoms with Crippen molar-refractivity contribution in [3.8, 4) is 0 Å². The van der Waals surface area contributed by atoms with E-state index in [-0.39, 0.29) is 5.69 Å². The second-order valence-corrected chi connectivity index (χ2v) is 4.26. The molecule has 0 aromatic heterocycles. The number of nitrogens with one attached hydrogen (secondary N) is 2. The summed E-state index contributed by atoms with van der Waals surface area (Å²) in [5.41, 5.74) is 0.0426. The number of anilines is 1. The van der Waals surface area contributed by atoms with Crippen molar-refractivity contribution in [1.82, 2.24) is 5.32 Å². The van der Waals surface area contributed by atoms with Crippen molar-refractivity contribution in [1.29, 1.82) is 0 Å². The first-order valence-corrected chi connectivity index (χ1v) is 6.19. The van der Waals surface area contributed by atoms with E-state index in [1.165, 1.54) is 6.07 Å². The van der Waals surface area contributed by atoms with Gasteiger partial charge in [-0.25, -0.2) is 18.4 Å². The van der Waals surface area contributed by atoms with Gasteiger partial charge in [0.05, 0.1) is 0 Å². The predicted octanol–water partition coefficient (Wildman–Crippen LogP) is 2.73. The first-order valence-electron chi connectivity index (χ1n) is 6.19. The fourth-order valence-corrected chi connectivity index (χ4v) is 1.56. The van der Waals surface area contributed by atoms with E-state index in [4.69, 9.17) is 5.11 Å². The Labute approximate surface area is 115 Å². The van der Waals surface area contributed by atoms with Gasteiger partial charge in [0.2, 0.25) is 0 Å². The van der Waals surface area contributed by atoms with Gasteiger partial charge in [0, 0.05) is 11.8 Å². The fraction of sp³-hybridized carbons (Fsp3) is 0.385. The first kappa shape index (κ1) is 15.9. The van der Waals surface area contributed by atoms with Crippen molar-refractivity contribution in [3.63, 3.8) is 0 Å². The summed E-state index contributed by atoms with van der Waals surface area (Å²) in [7, 11) is 0. The molecule has 0 fully saturated rings. The molecular weight excluding hydrogens is 270 g/mol. The van der Waals surface area contributed by atoms with Gasteiger partial charge in [-0.05, 0) is 18.6 Å². The Bertz CT molecular complexity index is 495. The van der Waals surface area contributed by atoms with Gasteiger partial charge in [-0.3, -0.25) is 0 Å². The molecule has 1 rings (SSSR count). The molecule has 0 saturated heterocycles. The Morgan fingerprint density at radius 3 is 2.55 bits per heavy atom. The maximum absolute atomic E-state index is 12.9. The molecule has 0 unspecified atom stereocenters. The number of aliphatic carboxylic acids is 1. The van der Waals surface area contributed by atoms with Crippen molar-refractivity contribution in [3.05, 3.63) is 29.8 Å². The monoisotopic (exact) mass is 286 g/mol. The SMILES string of the molecule is CCCC[C@H](NC(=O)Nc1ccc(F)c(F)c1)C(=O)O. The van der Waals surface area contributed by atoms with Crippen molar-refractivity contribution >= 4 is 17.7 Å². The van der Waals surface area contributed by atoms with Crippen molar-refractivity contribution in [2.24, 2.45) is 0 Å². The summed E-state index contributed by atoms with van der Waals surface area (Å²) in [5, 5.41) is 13.5. The molecule has 0 saturated carbocycles. The number of amides is 2. The van der Waals surface area contributed by atoms with Crippen LogP contribution < -0.4 is 10.6 Å². The molecule has 5 nitrogen and oxygen atoms in total. The van der Waals surface area contributed by atoms with Crippen molar-refractivity contribution in [2.45, 2.75) is 32.2 Å². The van der Waals surface area contributed by atoms with Gasteiger partial charge in [-0.1, -0.05) is 19.8 Å². The Kier molecular flexibility index (Phi) is 5.89. The molecule has 0 heterocycles. The van der Waals surface area contributed by atoms with Gasteiger partial charge in [0.1, 0.15) is 6.04 Å². The third-order valence-electron chi connectivity index (χ3n) is 2.63. The summed E-state index contributed by atoms with van der Waals surface area (Å²) in [6.45, 7) is 1.90. The predicted molar refractivity (Wildman–Crippen MR) is 69.5 cm³/mol. The normalized spacial score (nSPS) is 11.8. The van der Waals surface area contributed by atoms with Crippen LogP contribution in [-0.4, -0.2) is 23.1 Å². The van der Waals surface area contributed by atoms with Gasteiger partial charge < -0.3 is 15.7 Å². The first-order chi connectivity index (χ1) is 9.43. The molecular formula is C13H16F2N2O3. The van der Waals surface area contributed by atoms with E-state index in [0.29, 0.717) is 12.8 Å². The molecule has 0 aliphatic heterocycles. The summed E-state index contributed by atoms with van der Waals surface area (Å²) >= 11 is 0. The summed E-state index contributed by atoms with van der Waals surface area (Å²) in [6.07, 6.45) is 1.76. The van der Waals surface area contributed by atoms with Crippen LogP contribution in [0.3, 0.4) is 0 Å². The zero-order valence-corrected chi connectivity index (χ0v) is 11.0. The minimum absolute atomic E-state index is 0.0426. The number of carboxylic acid groups (broad SMARTS) is 1. The van der Waals surface area contributed by atoms with Gasteiger partial charge in [-0.2, -0.15) is 0 Å². The number of hydrogen-bond acceptors (Lipinski definition) is 2. The van der Waals surface area contributed by atoms with E-state index in [9.17, 15) is 18.4 Å². The number of hydrogen-bond donors (Lipinski definition) is 3. The van der Waals surface area contributed by atoms with E-state index in [2.05, 4.69) is 10.6 Å². The van der Waals surface area contributed by atoms with Crippen LogP contribution in [0.25, 0.3) is 0 Å². The fourth-order valence-electron chi connectivity index (χ4n) is 1.56. The molecule has 0 aliphatic carbocycles. The molecule has 7 heteroatoms. The van der Waals surface area contributed by atoms with Gasteiger partial charge in [0.25, 0.3) is 0 Å². The third-order valence-corrected chi connectivity index (χ3v) is 2.63. The zero-order valence-electron chi connectivity index (χ0n) is 11.0. The van der Waals surface area contributed by atoms with Crippen LogP contribution in [0.2, 0.25) is 0 Å². The van der Waals surface area contributed by atoms with E-state index in [0.717, 1.165) is 18.6 Å².